The smallest absolute Gasteiger partial charge is 0.244 e. The lowest BCUT2D eigenvalue weighted by atomic mass is 10.1. The van der Waals surface area contributed by atoms with Crippen molar-refractivity contribution < 1.29 is 13.5 Å². The van der Waals surface area contributed by atoms with Gasteiger partial charge in [-0.3, -0.25) is 0 Å². The number of aromatic amines is 2. The highest BCUT2D eigenvalue weighted by molar-refractivity contribution is 7.89. The lowest BCUT2D eigenvalue weighted by Gasteiger charge is -2.29. The van der Waals surface area contributed by atoms with E-state index in [0.29, 0.717) is 24.2 Å². The van der Waals surface area contributed by atoms with Crippen molar-refractivity contribution in [3.8, 4) is 22.6 Å². The Hall–Kier alpha value is -2.65. The molecule has 0 bridgehead atoms. The normalized spacial score (nSPS) is 16.2. The van der Waals surface area contributed by atoms with Crippen molar-refractivity contribution in [3.63, 3.8) is 0 Å². The third-order valence-corrected chi connectivity index (χ3v) is 8.05. The maximum absolute atomic E-state index is 13.2. The standard InChI is InChI=1S/C22H21ClN4O3S/c23-18-3-1-16(12-21(18)31(29,30)27-9-6-17(28)7-10-27)22-25-13-20(26-22)14-2-4-19-15(11-14)5-8-24-19/h1-5,8,11-13,17,24,28H,6-7,9-10H2,(H,25,26). The molecule has 1 aliphatic rings. The Morgan fingerprint density at radius 2 is 1.81 bits per heavy atom. The summed E-state index contributed by atoms with van der Waals surface area (Å²) in [5.41, 5.74) is 3.41. The zero-order valence-corrected chi connectivity index (χ0v) is 18.1. The zero-order chi connectivity index (χ0) is 21.6. The van der Waals surface area contributed by atoms with E-state index in [1.54, 1.807) is 24.4 Å². The van der Waals surface area contributed by atoms with Crippen LogP contribution < -0.4 is 0 Å². The molecule has 0 aliphatic carbocycles. The van der Waals surface area contributed by atoms with Gasteiger partial charge in [-0.1, -0.05) is 17.7 Å². The minimum atomic E-state index is -3.76. The summed E-state index contributed by atoms with van der Waals surface area (Å²) >= 11 is 6.27. The van der Waals surface area contributed by atoms with Crippen LogP contribution in [0.1, 0.15) is 12.8 Å². The summed E-state index contributed by atoms with van der Waals surface area (Å²) in [6.45, 7) is 0.549. The van der Waals surface area contributed by atoms with Crippen LogP contribution in [0.15, 0.2) is 59.8 Å². The Morgan fingerprint density at radius 3 is 2.61 bits per heavy atom. The number of aromatic nitrogens is 3. The Kier molecular flexibility index (Phi) is 5.10. The van der Waals surface area contributed by atoms with Gasteiger partial charge in [0.15, 0.2) is 0 Å². The van der Waals surface area contributed by atoms with E-state index in [-0.39, 0.29) is 23.0 Å². The van der Waals surface area contributed by atoms with E-state index in [9.17, 15) is 13.5 Å². The van der Waals surface area contributed by atoms with Gasteiger partial charge in [0.05, 0.1) is 16.8 Å². The van der Waals surface area contributed by atoms with E-state index in [4.69, 9.17) is 11.6 Å². The van der Waals surface area contributed by atoms with Crippen molar-refractivity contribution in [1.82, 2.24) is 19.3 Å². The Balaban J connectivity index is 1.48. The molecule has 5 rings (SSSR count). The van der Waals surface area contributed by atoms with Crippen molar-refractivity contribution >= 4 is 32.5 Å². The molecule has 160 valence electrons. The number of aliphatic hydroxyl groups is 1. The maximum Gasteiger partial charge on any atom is 0.244 e. The van der Waals surface area contributed by atoms with Crippen LogP contribution >= 0.6 is 11.6 Å². The third kappa shape index (κ3) is 3.76. The van der Waals surface area contributed by atoms with Crippen molar-refractivity contribution in [3.05, 3.63) is 59.9 Å². The molecule has 3 N–H and O–H groups in total. The molecule has 0 unspecified atom stereocenters. The van der Waals surface area contributed by atoms with Crippen LogP contribution in [0.3, 0.4) is 0 Å². The summed E-state index contributed by atoms with van der Waals surface area (Å²) in [5.74, 6) is 0.561. The van der Waals surface area contributed by atoms with Gasteiger partial charge in [0.25, 0.3) is 0 Å². The van der Waals surface area contributed by atoms with Crippen LogP contribution in [0.5, 0.6) is 0 Å². The van der Waals surface area contributed by atoms with Gasteiger partial charge in [-0.05, 0) is 49.2 Å². The summed E-state index contributed by atoms with van der Waals surface area (Å²) in [6.07, 6.45) is 4.08. The molecule has 4 aromatic rings. The van der Waals surface area contributed by atoms with Gasteiger partial charge in [0, 0.05) is 47.5 Å². The molecule has 2 aromatic carbocycles. The summed E-state index contributed by atoms with van der Waals surface area (Å²) in [7, 11) is -3.76. The Bertz CT molecular complexity index is 1350. The number of nitrogens with one attached hydrogen (secondary N) is 2. The number of hydrogen-bond donors (Lipinski definition) is 3. The van der Waals surface area contributed by atoms with E-state index < -0.39 is 16.1 Å². The molecule has 31 heavy (non-hydrogen) atoms. The highest BCUT2D eigenvalue weighted by atomic mass is 35.5. The number of benzene rings is 2. The molecular weight excluding hydrogens is 436 g/mol. The van der Waals surface area contributed by atoms with Gasteiger partial charge in [-0.15, -0.1) is 0 Å². The van der Waals surface area contributed by atoms with Crippen LogP contribution in [0, 0.1) is 0 Å². The van der Waals surface area contributed by atoms with Gasteiger partial charge in [-0.25, -0.2) is 13.4 Å². The summed E-state index contributed by atoms with van der Waals surface area (Å²) in [6, 6.07) is 12.9. The maximum atomic E-state index is 13.2. The van der Waals surface area contributed by atoms with E-state index in [2.05, 4.69) is 15.0 Å². The molecule has 0 amide bonds. The van der Waals surface area contributed by atoms with Crippen molar-refractivity contribution in [1.29, 1.82) is 0 Å². The Labute approximate surface area is 184 Å². The first-order valence-corrected chi connectivity index (χ1v) is 11.8. The van der Waals surface area contributed by atoms with Crippen LogP contribution in [-0.4, -0.2) is 52.0 Å². The SMILES string of the molecule is O=S(=O)(c1cc(-c2nc(-c3ccc4[nH]ccc4c3)c[nH]2)ccc1Cl)N1CCC(O)CC1. The predicted octanol–water partition coefficient (Wildman–Crippen LogP) is 4.02. The number of halogens is 1. The summed E-state index contributed by atoms with van der Waals surface area (Å²) in [4.78, 5) is 11.0. The Morgan fingerprint density at radius 1 is 1.03 bits per heavy atom. The molecule has 0 radical (unpaired) electrons. The number of rotatable bonds is 4. The molecule has 0 saturated carbocycles. The summed E-state index contributed by atoms with van der Waals surface area (Å²) < 4.78 is 27.7. The highest BCUT2D eigenvalue weighted by Crippen LogP contribution is 2.32. The first kappa shape index (κ1) is 20.3. The van der Waals surface area contributed by atoms with Crippen LogP contribution in [-0.2, 0) is 10.0 Å². The fourth-order valence-electron chi connectivity index (χ4n) is 3.90. The van der Waals surface area contributed by atoms with E-state index in [1.165, 1.54) is 4.31 Å². The topological polar surface area (TPSA) is 102 Å². The quantitative estimate of drug-likeness (QED) is 0.431. The van der Waals surface area contributed by atoms with Crippen molar-refractivity contribution in [2.75, 3.05) is 13.1 Å². The van der Waals surface area contributed by atoms with Gasteiger partial charge in [-0.2, -0.15) is 4.31 Å². The number of H-pyrrole nitrogens is 2. The highest BCUT2D eigenvalue weighted by Gasteiger charge is 2.30. The van der Waals surface area contributed by atoms with E-state index in [0.717, 1.165) is 22.2 Å². The lowest BCUT2D eigenvalue weighted by molar-refractivity contribution is 0.113. The average molecular weight is 457 g/mol. The second-order valence-electron chi connectivity index (χ2n) is 7.69. The molecule has 1 saturated heterocycles. The van der Waals surface area contributed by atoms with Gasteiger partial charge in [0.2, 0.25) is 10.0 Å². The first-order chi connectivity index (χ1) is 14.9. The molecule has 9 heteroatoms. The lowest BCUT2D eigenvalue weighted by Crippen LogP contribution is -2.40. The van der Waals surface area contributed by atoms with Crippen LogP contribution in [0.25, 0.3) is 33.5 Å². The van der Waals surface area contributed by atoms with Crippen molar-refractivity contribution in [2.45, 2.75) is 23.8 Å². The number of sulfonamides is 1. The predicted molar refractivity (Wildman–Crippen MR) is 120 cm³/mol. The number of aliphatic hydroxyl groups excluding tert-OH is 1. The first-order valence-electron chi connectivity index (χ1n) is 10.0. The number of fused-ring (bicyclic) bond motifs is 1. The zero-order valence-electron chi connectivity index (χ0n) is 16.5. The van der Waals surface area contributed by atoms with E-state index in [1.807, 2.05) is 30.5 Å². The molecule has 2 aromatic heterocycles. The molecule has 0 spiro atoms. The minimum absolute atomic E-state index is 0.0507. The number of hydrogen-bond acceptors (Lipinski definition) is 4. The largest absolute Gasteiger partial charge is 0.393 e. The van der Waals surface area contributed by atoms with Crippen LogP contribution in [0.4, 0.5) is 0 Å². The second-order valence-corrected chi connectivity index (χ2v) is 10.0. The fourth-order valence-corrected chi connectivity index (χ4v) is 5.87. The average Bonchev–Trinajstić information content (AvgIpc) is 3.43. The molecule has 3 heterocycles. The number of piperidine rings is 1. The molecule has 7 nitrogen and oxygen atoms in total. The summed E-state index contributed by atoms with van der Waals surface area (Å²) in [5, 5.41) is 10.9. The van der Waals surface area contributed by atoms with Gasteiger partial charge in [0.1, 0.15) is 10.7 Å². The van der Waals surface area contributed by atoms with Gasteiger partial charge < -0.3 is 15.1 Å². The third-order valence-electron chi connectivity index (χ3n) is 5.67. The number of imidazole rings is 1. The second kappa shape index (κ2) is 7.80. The van der Waals surface area contributed by atoms with E-state index >= 15 is 0 Å². The van der Waals surface area contributed by atoms with Crippen molar-refractivity contribution in [2.24, 2.45) is 0 Å². The molecular formula is C22H21ClN4O3S. The number of nitrogens with zero attached hydrogens (tertiary/aromatic N) is 2. The minimum Gasteiger partial charge on any atom is -0.393 e. The molecule has 1 fully saturated rings. The van der Waals surface area contributed by atoms with Crippen LogP contribution in [0.2, 0.25) is 5.02 Å². The van der Waals surface area contributed by atoms with Gasteiger partial charge >= 0.3 is 0 Å². The monoisotopic (exact) mass is 456 g/mol. The fraction of sp³-hybridized carbons (Fsp3) is 0.227. The molecule has 0 atom stereocenters. The molecule has 1 aliphatic heterocycles.